The summed E-state index contributed by atoms with van der Waals surface area (Å²) in [4.78, 5) is 25.5. The van der Waals surface area contributed by atoms with E-state index in [9.17, 15) is 14.7 Å². The number of benzene rings is 2. The second kappa shape index (κ2) is 7.88. The zero-order valence-electron chi connectivity index (χ0n) is 16.0. The molecule has 152 valence electrons. The molecule has 7 heteroatoms. The molecular weight excluding hydrogens is 411 g/mol. The molecule has 2 aromatic rings. The lowest BCUT2D eigenvalue weighted by atomic mass is 9.76. The van der Waals surface area contributed by atoms with Crippen LogP contribution in [0.3, 0.4) is 0 Å². The van der Waals surface area contributed by atoms with Crippen LogP contribution in [0.1, 0.15) is 64.7 Å². The van der Waals surface area contributed by atoms with Crippen molar-refractivity contribution in [2.75, 3.05) is 7.05 Å². The minimum absolute atomic E-state index is 0.0683. The average molecular weight is 433 g/mol. The van der Waals surface area contributed by atoms with Crippen LogP contribution >= 0.6 is 23.2 Å². The Balaban J connectivity index is 1.75. The first-order valence-corrected chi connectivity index (χ1v) is 10.5. The summed E-state index contributed by atoms with van der Waals surface area (Å²) in [6, 6.07) is 11.2. The number of nitrogens with zero attached hydrogens (tertiary/aromatic N) is 1. The van der Waals surface area contributed by atoms with Crippen molar-refractivity contribution in [1.82, 2.24) is 10.2 Å². The topological polar surface area (TPSA) is 69.6 Å². The molecule has 2 aliphatic rings. The SMILES string of the molecule is CN(C(=O)O)[C@H]1CC[C@@H](c2ccc(Cl)c(Cl)c2)c2ccc(C(=O)NC3CC3)cc21. The quantitative estimate of drug-likeness (QED) is 0.673. The normalized spacial score (nSPS) is 20.7. The highest BCUT2D eigenvalue weighted by Gasteiger charge is 2.33. The Morgan fingerprint density at radius 2 is 1.76 bits per heavy atom. The fourth-order valence-electron chi connectivity index (χ4n) is 4.06. The van der Waals surface area contributed by atoms with Crippen LogP contribution in [0.4, 0.5) is 4.79 Å². The number of nitrogens with one attached hydrogen (secondary N) is 1. The Morgan fingerprint density at radius 1 is 1.00 bits per heavy atom. The van der Waals surface area contributed by atoms with Crippen LogP contribution in [0.5, 0.6) is 0 Å². The van der Waals surface area contributed by atoms with Crippen molar-refractivity contribution in [3.63, 3.8) is 0 Å². The Labute approximate surface area is 179 Å². The van der Waals surface area contributed by atoms with Crippen molar-refractivity contribution in [1.29, 1.82) is 0 Å². The number of carboxylic acid groups (broad SMARTS) is 1. The Bertz CT molecular complexity index is 975. The number of hydrogen-bond acceptors (Lipinski definition) is 2. The predicted molar refractivity (Wildman–Crippen MR) is 113 cm³/mol. The smallest absolute Gasteiger partial charge is 0.407 e. The maximum atomic E-state index is 12.6. The van der Waals surface area contributed by atoms with Gasteiger partial charge in [0.2, 0.25) is 0 Å². The lowest BCUT2D eigenvalue weighted by Gasteiger charge is -2.36. The van der Waals surface area contributed by atoms with Crippen molar-refractivity contribution in [3.8, 4) is 0 Å². The fraction of sp³-hybridized carbons (Fsp3) is 0.364. The van der Waals surface area contributed by atoms with Crippen molar-refractivity contribution < 1.29 is 14.7 Å². The summed E-state index contributed by atoms with van der Waals surface area (Å²) < 4.78 is 0. The van der Waals surface area contributed by atoms with E-state index in [0.717, 1.165) is 36.0 Å². The lowest BCUT2D eigenvalue weighted by Crippen LogP contribution is -2.33. The lowest BCUT2D eigenvalue weighted by molar-refractivity contribution is 0.0951. The summed E-state index contributed by atoms with van der Waals surface area (Å²) in [6.07, 6.45) is 2.48. The number of carbonyl (C=O) groups is 2. The molecule has 0 spiro atoms. The molecule has 0 radical (unpaired) electrons. The molecule has 4 rings (SSSR count). The number of hydrogen-bond donors (Lipinski definition) is 2. The van der Waals surface area contributed by atoms with Gasteiger partial charge in [0.15, 0.2) is 0 Å². The summed E-state index contributed by atoms with van der Waals surface area (Å²) in [7, 11) is 1.58. The van der Waals surface area contributed by atoms with E-state index < -0.39 is 6.09 Å². The van der Waals surface area contributed by atoms with Gasteiger partial charge in [0, 0.05) is 24.6 Å². The molecule has 1 saturated carbocycles. The molecule has 0 aliphatic heterocycles. The van der Waals surface area contributed by atoms with Gasteiger partial charge in [-0.15, -0.1) is 0 Å². The summed E-state index contributed by atoms with van der Waals surface area (Å²) in [6.45, 7) is 0. The molecule has 0 bridgehead atoms. The van der Waals surface area contributed by atoms with Crippen LogP contribution in [0.25, 0.3) is 0 Å². The number of rotatable bonds is 4. The molecule has 5 nitrogen and oxygen atoms in total. The van der Waals surface area contributed by atoms with Crippen molar-refractivity contribution in [3.05, 3.63) is 68.7 Å². The summed E-state index contributed by atoms with van der Waals surface area (Å²) >= 11 is 12.3. The fourth-order valence-corrected chi connectivity index (χ4v) is 4.37. The van der Waals surface area contributed by atoms with E-state index >= 15 is 0 Å². The van der Waals surface area contributed by atoms with Crippen LogP contribution in [-0.4, -0.2) is 35.1 Å². The molecule has 2 N–H and O–H groups in total. The molecule has 2 aliphatic carbocycles. The number of fused-ring (bicyclic) bond motifs is 1. The number of halogens is 2. The summed E-state index contributed by atoms with van der Waals surface area (Å²) in [5.74, 6) is -0.0394. The van der Waals surface area contributed by atoms with Gasteiger partial charge < -0.3 is 15.3 Å². The predicted octanol–water partition coefficient (Wildman–Crippen LogP) is 5.46. The minimum Gasteiger partial charge on any atom is -0.465 e. The van der Waals surface area contributed by atoms with Gasteiger partial charge in [0.05, 0.1) is 16.1 Å². The monoisotopic (exact) mass is 432 g/mol. The van der Waals surface area contributed by atoms with Crippen molar-refractivity contribution >= 4 is 35.2 Å². The summed E-state index contributed by atoms with van der Waals surface area (Å²) in [5.41, 5.74) is 3.50. The van der Waals surface area contributed by atoms with Crippen LogP contribution in [-0.2, 0) is 0 Å². The first-order valence-electron chi connectivity index (χ1n) is 9.70. The third-order valence-electron chi connectivity index (χ3n) is 5.84. The third kappa shape index (κ3) is 4.07. The van der Waals surface area contributed by atoms with E-state index in [-0.39, 0.29) is 23.9 Å². The highest BCUT2D eigenvalue weighted by Crippen LogP contribution is 2.44. The van der Waals surface area contributed by atoms with Gasteiger partial charge in [0.1, 0.15) is 0 Å². The first-order chi connectivity index (χ1) is 13.8. The maximum absolute atomic E-state index is 12.6. The van der Waals surface area contributed by atoms with Gasteiger partial charge in [-0.1, -0.05) is 35.3 Å². The van der Waals surface area contributed by atoms with Gasteiger partial charge in [0.25, 0.3) is 5.91 Å². The van der Waals surface area contributed by atoms with Crippen LogP contribution in [0.2, 0.25) is 10.0 Å². The molecule has 2 amide bonds. The Hall–Kier alpha value is -2.24. The molecule has 2 aromatic carbocycles. The van der Waals surface area contributed by atoms with Gasteiger partial charge in [-0.25, -0.2) is 4.79 Å². The second-order valence-electron chi connectivity index (χ2n) is 7.80. The van der Waals surface area contributed by atoms with Crippen LogP contribution < -0.4 is 5.32 Å². The van der Waals surface area contributed by atoms with Gasteiger partial charge in [-0.05, 0) is 66.6 Å². The van der Waals surface area contributed by atoms with E-state index in [2.05, 4.69) is 5.32 Å². The molecule has 0 unspecified atom stereocenters. The van der Waals surface area contributed by atoms with Crippen LogP contribution in [0.15, 0.2) is 36.4 Å². The van der Waals surface area contributed by atoms with E-state index in [1.165, 1.54) is 4.90 Å². The van der Waals surface area contributed by atoms with E-state index in [1.807, 2.05) is 30.3 Å². The second-order valence-corrected chi connectivity index (χ2v) is 8.62. The van der Waals surface area contributed by atoms with E-state index in [0.29, 0.717) is 22.0 Å². The standard InChI is InChI=1S/C22H22Cl2N2O3/c1-26(22(28)29)20-9-7-15(12-3-8-18(23)19(24)11-12)16-6-2-13(10-17(16)20)21(27)25-14-4-5-14/h2-3,6,8,10-11,14-15,20H,4-5,7,9H2,1H3,(H,25,27)(H,28,29)/t15-,20-/m0/s1. The average Bonchev–Trinajstić information content (AvgIpc) is 3.52. The Morgan fingerprint density at radius 3 is 2.41 bits per heavy atom. The molecule has 0 heterocycles. The third-order valence-corrected chi connectivity index (χ3v) is 6.58. The Kier molecular flexibility index (Phi) is 5.45. The molecule has 2 atom stereocenters. The van der Waals surface area contributed by atoms with Gasteiger partial charge >= 0.3 is 6.09 Å². The van der Waals surface area contributed by atoms with Gasteiger partial charge in [-0.2, -0.15) is 0 Å². The highest BCUT2D eigenvalue weighted by atomic mass is 35.5. The molecular formula is C22H22Cl2N2O3. The van der Waals surface area contributed by atoms with Gasteiger partial charge in [-0.3, -0.25) is 4.79 Å². The minimum atomic E-state index is -0.984. The summed E-state index contributed by atoms with van der Waals surface area (Å²) in [5, 5.41) is 13.5. The molecule has 0 aromatic heterocycles. The highest BCUT2D eigenvalue weighted by molar-refractivity contribution is 6.42. The molecule has 0 saturated heterocycles. The zero-order chi connectivity index (χ0) is 20.7. The number of carbonyl (C=O) groups excluding carboxylic acids is 1. The van der Waals surface area contributed by atoms with Crippen LogP contribution in [0, 0.1) is 0 Å². The largest absolute Gasteiger partial charge is 0.465 e. The zero-order valence-corrected chi connectivity index (χ0v) is 17.5. The number of amides is 2. The first kappa shape index (κ1) is 20.0. The maximum Gasteiger partial charge on any atom is 0.407 e. The molecule has 29 heavy (non-hydrogen) atoms. The van der Waals surface area contributed by atoms with Crippen molar-refractivity contribution in [2.45, 2.75) is 43.7 Å². The molecule has 1 fully saturated rings. The van der Waals surface area contributed by atoms with E-state index in [1.54, 1.807) is 13.1 Å². The van der Waals surface area contributed by atoms with E-state index in [4.69, 9.17) is 23.2 Å². The van der Waals surface area contributed by atoms with Crippen molar-refractivity contribution in [2.24, 2.45) is 0 Å².